The summed E-state index contributed by atoms with van der Waals surface area (Å²) in [4.78, 5) is 8.77. The average molecular weight is 227 g/mol. The second-order valence-corrected chi connectivity index (χ2v) is 5.12. The van der Waals surface area contributed by atoms with Gasteiger partial charge in [-0.15, -0.1) is 11.6 Å². The standard InChI is InChI=1S/C12H19ClN2/c1-8(2)5-11(13)7-12-14-9(3)6-10(4)15-12/h6,8,11H,5,7H2,1-4H3. The van der Waals surface area contributed by atoms with Crippen molar-refractivity contribution >= 4 is 11.6 Å². The highest BCUT2D eigenvalue weighted by atomic mass is 35.5. The quantitative estimate of drug-likeness (QED) is 0.737. The van der Waals surface area contributed by atoms with Gasteiger partial charge in [0, 0.05) is 23.2 Å². The lowest BCUT2D eigenvalue weighted by molar-refractivity contribution is 0.554. The molecule has 1 aromatic rings. The van der Waals surface area contributed by atoms with Crippen molar-refractivity contribution in [1.29, 1.82) is 0 Å². The van der Waals surface area contributed by atoms with Crippen molar-refractivity contribution in [2.75, 3.05) is 0 Å². The predicted molar refractivity (Wildman–Crippen MR) is 64.3 cm³/mol. The molecular formula is C12H19ClN2. The Morgan fingerprint density at radius 2 is 1.73 bits per heavy atom. The summed E-state index contributed by atoms with van der Waals surface area (Å²) in [7, 11) is 0. The number of rotatable bonds is 4. The normalized spacial score (nSPS) is 13.2. The number of aromatic nitrogens is 2. The van der Waals surface area contributed by atoms with Gasteiger partial charge in [0.15, 0.2) is 0 Å². The van der Waals surface area contributed by atoms with E-state index in [9.17, 15) is 0 Å². The van der Waals surface area contributed by atoms with Gasteiger partial charge in [-0.05, 0) is 32.3 Å². The molecule has 84 valence electrons. The Balaban J connectivity index is 2.63. The number of aryl methyl sites for hydroxylation is 2. The topological polar surface area (TPSA) is 25.8 Å². The Hall–Kier alpha value is -0.630. The maximum Gasteiger partial charge on any atom is 0.130 e. The van der Waals surface area contributed by atoms with E-state index in [1.54, 1.807) is 0 Å². The molecule has 1 rings (SSSR count). The highest BCUT2D eigenvalue weighted by Crippen LogP contribution is 2.14. The molecule has 1 aromatic heterocycles. The van der Waals surface area contributed by atoms with Gasteiger partial charge in [0.25, 0.3) is 0 Å². The van der Waals surface area contributed by atoms with Crippen LogP contribution in [-0.2, 0) is 6.42 Å². The molecule has 0 saturated heterocycles. The monoisotopic (exact) mass is 226 g/mol. The van der Waals surface area contributed by atoms with Gasteiger partial charge in [-0.2, -0.15) is 0 Å². The van der Waals surface area contributed by atoms with Crippen molar-refractivity contribution < 1.29 is 0 Å². The SMILES string of the molecule is Cc1cc(C)nc(CC(Cl)CC(C)C)n1. The number of hydrogen-bond acceptors (Lipinski definition) is 2. The number of nitrogens with zero attached hydrogens (tertiary/aromatic N) is 2. The molecule has 1 heterocycles. The van der Waals surface area contributed by atoms with E-state index in [0.717, 1.165) is 30.1 Å². The highest BCUT2D eigenvalue weighted by molar-refractivity contribution is 6.20. The minimum Gasteiger partial charge on any atom is -0.238 e. The summed E-state index contributed by atoms with van der Waals surface area (Å²) in [6.45, 7) is 8.34. The predicted octanol–water partition coefficient (Wildman–Crippen LogP) is 3.29. The van der Waals surface area contributed by atoms with Gasteiger partial charge >= 0.3 is 0 Å². The molecule has 0 fully saturated rings. The molecule has 0 amide bonds. The molecule has 15 heavy (non-hydrogen) atoms. The fraction of sp³-hybridized carbons (Fsp3) is 0.667. The minimum absolute atomic E-state index is 0.145. The average Bonchev–Trinajstić information content (AvgIpc) is 1.98. The molecule has 0 aliphatic rings. The van der Waals surface area contributed by atoms with Crippen LogP contribution in [0.25, 0.3) is 0 Å². The van der Waals surface area contributed by atoms with Gasteiger partial charge in [0.05, 0.1) is 0 Å². The van der Waals surface area contributed by atoms with Crippen LogP contribution in [-0.4, -0.2) is 15.3 Å². The van der Waals surface area contributed by atoms with Gasteiger partial charge in [-0.25, -0.2) is 9.97 Å². The minimum atomic E-state index is 0.145. The second-order valence-electron chi connectivity index (χ2n) is 4.50. The molecule has 1 atom stereocenters. The number of alkyl halides is 1. The first-order valence-corrected chi connectivity index (χ1v) is 5.86. The van der Waals surface area contributed by atoms with Crippen molar-refractivity contribution in [3.05, 3.63) is 23.3 Å². The van der Waals surface area contributed by atoms with Crippen LogP contribution in [0.3, 0.4) is 0 Å². The van der Waals surface area contributed by atoms with Crippen molar-refractivity contribution in [2.45, 2.75) is 45.9 Å². The lowest BCUT2D eigenvalue weighted by Gasteiger charge is -2.11. The van der Waals surface area contributed by atoms with Crippen LogP contribution in [0.1, 0.15) is 37.5 Å². The fourth-order valence-corrected chi connectivity index (χ4v) is 2.18. The van der Waals surface area contributed by atoms with Gasteiger partial charge < -0.3 is 0 Å². The third-order valence-corrected chi connectivity index (χ3v) is 2.49. The number of hydrogen-bond donors (Lipinski definition) is 0. The van der Waals surface area contributed by atoms with Crippen molar-refractivity contribution in [3.63, 3.8) is 0 Å². The Morgan fingerprint density at radius 3 is 2.20 bits per heavy atom. The van der Waals surface area contributed by atoms with E-state index in [0.29, 0.717) is 5.92 Å². The Bertz CT molecular complexity index is 303. The summed E-state index contributed by atoms with van der Waals surface area (Å²) in [6.07, 6.45) is 1.78. The maximum atomic E-state index is 6.24. The maximum absolute atomic E-state index is 6.24. The van der Waals surface area contributed by atoms with Crippen LogP contribution in [0.2, 0.25) is 0 Å². The molecule has 1 unspecified atom stereocenters. The van der Waals surface area contributed by atoms with Crippen LogP contribution in [0, 0.1) is 19.8 Å². The van der Waals surface area contributed by atoms with E-state index in [2.05, 4.69) is 23.8 Å². The van der Waals surface area contributed by atoms with Crippen LogP contribution in [0.15, 0.2) is 6.07 Å². The molecule has 0 aromatic carbocycles. The first-order chi connectivity index (χ1) is 6.97. The summed E-state index contributed by atoms with van der Waals surface area (Å²) < 4.78 is 0. The Morgan fingerprint density at radius 1 is 1.20 bits per heavy atom. The van der Waals surface area contributed by atoms with Crippen molar-refractivity contribution in [1.82, 2.24) is 9.97 Å². The molecule has 0 bridgehead atoms. The Kier molecular flexibility index (Phi) is 4.52. The molecule has 0 N–H and O–H groups in total. The molecule has 2 nitrogen and oxygen atoms in total. The summed E-state index contributed by atoms with van der Waals surface area (Å²) in [5.74, 6) is 1.49. The van der Waals surface area contributed by atoms with Crippen LogP contribution >= 0.6 is 11.6 Å². The molecule has 0 saturated carbocycles. The molecule has 0 aliphatic heterocycles. The first-order valence-electron chi connectivity index (χ1n) is 5.42. The summed E-state index contributed by atoms with van der Waals surface area (Å²) in [6, 6.07) is 1.98. The zero-order chi connectivity index (χ0) is 11.4. The third kappa shape index (κ3) is 4.61. The Labute approximate surface area is 97.1 Å². The number of halogens is 1. The fourth-order valence-electron chi connectivity index (χ4n) is 1.68. The largest absolute Gasteiger partial charge is 0.238 e. The van der Waals surface area contributed by atoms with Crippen molar-refractivity contribution in [2.24, 2.45) is 5.92 Å². The lowest BCUT2D eigenvalue weighted by atomic mass is 10.1. The molecule has 0 radical (unpaired) electrons. The summed E-state index contributed by atoms with van der Waals surface area (Å²) in [5, 5.41) is 0.145. The van der Waals surface area contributed by atoms with E-state index in [-0.39, 0.29) is 5.38 Å². The van der Waals surface area contributed by atoms with Gasteiger partial charge in [0.2, 0.25) is 0 Å². The molecule has 3 heteroatoms. The van der Waals surface area contributed by atoms with Crippen LogP contribution in [0.5, 0.6) is 0 Å². The first kappa shape index (κ1) is 12.4. The summed E-state index contributed by atoms with van der Waals surface area (Å²) in [5.41, 5.74) is 2.04. The van der Waals surface area contributed by atoms with Crippen LogP contribution < -0.4 is 0 Å². The van der Waals surface area contributed by atoms with Crippen LogP contribution in [0.4, 0.5) is 0 Å². The third-order valence-electron chi connectivity index (χ3n) is 2.16. The molecule has 0 aliphatic carbocycles. The molecule has 0 spiro atoms. The van der Waals surface area contributed by atoms with Gasteiger partial charge in [-0.1, -0.05) is 13.8 Å². The zero-order valence-corrected chi connectivity index (χ0v) is 10.7. The van der Waals surface area contributed by atoms with E-state index in [1.807, 2.05) is 19.9 Å². The van der Waals surface area contributed by atoms with Gasteiger partial charge in [-0.3, -0.25) is 0 Å². The lowest BCUT2D eigenvalue weighted by Crippen LogP contribution is -2.10. The smallest absolute Gasteiger partial charge is 0.130 e. The van der Waals surface area contributed by atoms with E-state index in [1.165, 1.54) is 0 Å². The van der Waals surface area contributed by atoms with E-state index in [4.69, 9.17) is 11.6 Å². The van der Waals surface area contributed by atoms with E-state index >= 15 is 0 Å². The zero-order valence-electron chi connectivity index (χ0n) is 9.92. The highest BCUT2D eigenvalue weighted by Gasteiger charge is 2.10. The van der Waals surface area contributed by atoms with Gasteiger partial charge in [0.1, 0.15) is 5.82 Å². The van der Waals surface area contributed by atoms with Crippen molar-refractivity contribution in [3.8, 4) is 0 Å². The second kappa shape index (κ2) is 5.45. The van der Waals surface area contributed by atoms with E-state index < -0.39 is 0 Å². The molecular weight excluding hydrogens is 208 g/mol. The summed E-state index contributed by atoms with van der Waals surface area (Å²) >= 11 is 6.24.